The largest absolute Gasteiger partial charge is 0.293 e. The van der Waals surface area contributed by atoms with E-state index in [0.717, 1.165) is 26.7 Å². The Hall–Kier alpha value is -1.92. The molecule has 0 amide bonds. The lowest BCUT2D eigenvalue weighted by Crippen LogP contribution is -2.05. The Balaban J connectivity index is 1.71. The maximum absolute atomic E-state index is 12.4. The molecule has 0 bridgehead atoms. The Morgan fingerprint density at radius 1 is 1.21 bits per heavy atom. The van der Waals surface area contributed by atoms with Crippen molar-refractivity contribution in [3.05, 3.63) is 63.6 Å². The number of nitrogens with zero attached hydrogens (tertiary/aromatic N) is 2. The predicted octanol–water partition coefficient (Wildman–Crippen LogP) is 4.83. The molecule has 3 rings (SSSR count). The van der Waals surface area contributed by atoms with E-state index in [1.807, 2.05) is 56.3 Å². The molecule has 1 N–H and O–H groups in total. The molecular formula is C18H16BrN3OS. The van der Waals surface area contributed by atoms with Gasteiger partial charge in [-0.15, -0.1) is 5.10 Å². The van der Waals surface area contributed by atoms with Gasteiger partial charge in [-0.05, 0) is 31.5 Å². The molecule has 0 aliphatic carbocycles. The highest BCUT2D eigenvalue weighted by Crippen LogP contribution is 2.26. The number of H-pyrrole nitrogens is 1. The first-order valence-corrected chi connectivity index (χ1v) is 9.23. The number of rotatable bonds is 5. The van der Waals surface area contributed by atoms with Crippen LogP contribution < -0.4 is 0 Å². The van der Waals surface area contributed by atoms with Gasteiger partial charge in [-0.1, -0.05) is 63.6 Å². The van der Waals surface area contributed by atoms with E-state index in [4.69, 9.17) is 0 Å². The van der Waals surface area contributed by atoms with Crippen LogP contribution in [0.5, 0.6) is 0 Å². The maximum Gasteiger partial charge on any atom is 0.209 e. The zero-order chi connectivity index (χ0) is 17.1. The molecule has 122 valence electrons. The summed E-state index contributed by atoms with van der Waals surface area (Å²) >= 11 is 4.84. The number of aromatic nitrogens is 3. The number of hydrogen-bond acceptors (Lipinski definition) is 4. The average molecular weight is 402 g/mol. The van der Waals surface area contributed by atoms with Gasteiger partial charge < -0.3 is 0 Å². The van der Waals surface area contributed by atoms with Crippen LogP contribution in [-0.2, 0) is 0 Å². The van der Waals surface area contributed by atoms with Crippen LogP contribution in [0.25, 0.3) is 11.4 Å². The van der Waals surface area contributed by atoms with E-state index in [1.54, 1.807) is 0 Å². The molecule has 1 heterocycles. The number of hydrogen-bond donors (Lipinski definition) is 1. The Kier molecular flexibility index (Phi) is 5.16. The molecule has 0 saturated heterocycles. The van der Waals surface area contributed by atoms with Crippen molar-refractivity contribution in [3.63, 3.8) is 0 Å². The number of aromatic amines is 1. The zero-order valence-electron chi connectivity index (χ0n) is 13.3. The van der Waals surface area contributed by atoms with Crippen LogP contribution in [0.15, 0.2) is 52.1 Å². The van der Waals surface area contributed by atoms with Gasteiger partial charge in [-0.25, -0.2) is 4.98 Å². The molecule has 24 heavy (non-hydrogen) atoms. The first-order chi connectivity index (χ1) is 11.5. The quantitative estimate of drug-likeness (QED) is 0.491. The van der Waals surface area contributed by atoms with E-state index in [2.05, 4.69) is 31.1 Å². The van der Waals surface area contributed by atoms with E-state index in [-0.39, 0.29) is 5.78 Å². The Bertz CT molecular complexity index is 891. The third-order valence-corrected chi connectivity index (χ3v) is 5.16. The molecule has 0 saturated carbocycles. The first-order valence-electron chi connectivity index (χ1n) is 7.45. The molecule has 2 aromatic carbocycles. The fraction of sp³-hybridized carbons (Fsp3) is 0.167. The number of benzene rings is 2. The van der Waals surface area contributed by atoms with Crippen LogP contribution in [-0.4, -0.2) is 26.7 Å². The number of nitrogens with one attached hydrogen (secondary N) is 1. The minimum absolute atomic E-state index is 0.0911. The van der Waals surface area contributed by atoms with Crippen LogP contribution in [0.2, 0.25) is 0 Å². The number of thioether (sulfide) groups is 1. The number of carbonyl (C=O) groups is 1. The van der Waals surface area contributed by atoms with Gasteiger partial charge in [0.1, 0.15) is 0 Å². The summed E-state index contributed by atoms with van der Waals surface area (Å²) < 4.78 is 0.948. The highest BCUT2D eigenvalue weighted by Gasteiger charge is 2.13. The summed E-state index contributed by atoms with van der Waals surface area (Å²) in [6, 6.07) is 13.7. The van der Waals surface area contributed by atoms with Gasteiger partial charge in [-0.2, -0.15) is 0 Å². The van der Waals surface area contributed by atoms with E-state index < -0.39 is 0 Å². The number of aryl methyl sites for hydroxylation is 2. The highest BCUT2D eigenvalue weighted by atomic mass is 79.9. The monoisotopic (exact) mass is 401 g/mol. The molecule has 4 nitrogen and oxygen atoms in total. The van der Waals surface area contributed by atoms with Crippen molar-refractivity contribution in [3.8, 4) is 11.4 Å². The number of Topliss-reactive ketones (excluding diaryl/α,β-unsaturated/α-hetero) is 1. The van der Waals surface area contributed by atoms with Crippen molar-refractivity contribution >= 4 is 33.5 Å². The van der Waals surface area contributed by atoms with E-state index >= 15 is 0 Å². The average Bonchev–Trinajstić information content (AvgIpc) is 3.04. The SMILES string of the molecule is Cc1ccc(C)c(C(=O)CSc2n[nH]c(-c3ccccc3Br)n2)c1. The second kappa shape index (κ2) is 7.32. The fourth-order valence-corrected chi connectivity index (χ4v) is 3.48. The third-order valence-electron chi connectivity index (χ3n) is 3.62. The summed E-state index contributed by atoms with van der Waals surface area (Å²) in [5.74, 6) is 1.09. The maximum atomic E-state index is 12.4. The standard InChI is InChI=1S/C18H16BrN3OS/c1-11-7-8-12(2)14(9-11)16(23)10-24-18-20-17(21-22-18)13-5-3-4-6-15(13)19/h3-9H,10H2,1-2H3,(H,20,21,22). The summed E-state index contributed by atoms with van der Waals surface area (Å²) in [7, 11) is 0. The lowest BCUT2D eigenvalue weighted by molar-refractivity contribution is 0.102. The zero-order valence-corrected chi connectivity index (χ0v) is 15.7. The number of halogens is 1. The van der Waals surface area contributed by atoms with Gasteiger partial charge in [0.15, 0.2) is 11.6 Å². The summed E-state index contributed by atoms with van der Waals surface area (Å²) in [5.41, 5.74) is 3.79. The van der Waals surface area contributed by atoms with Crippen molar-refractivity contribution in [2.75, 3.05) is 5.75 Å². The van der Waals surface area contributed by atoms with Gasteiger partial charge >= 0.3 is 0 Å². The molecule has 3 aromatic rings. The topological polar surface area (TPSA) is 58.6 Å². The Morgan fingerprint density at radius 2 is 2.00 bits per heavy atom. The Morgan fingerprint density at radius 3 is 2.79 bits per heavy atom. The van der Waals surface area contributed by atoms with Crippen LogP contribution in [0, 0.1) is 13.8 Å². The smallest absolute Gasteiger partial charge is 0.209 e. The molecule has 0 aliphatic heterocycles. The van der Waals surface area contributed by atoms with Gasteiger partial charge in [0.05, 0.1) is 5.75 Å². The normalized spacial score (nSPS) is 10.8. The van der Waals surface area contributed by atoms with Crippen LogP contribution in [0.4, 0.5) is 0 Å². The fourth-order valence-electron chi connectivity index (χ4n) is 2.33. The van der Waals surface area contributed by atoms with Gasteiger partial charge in [0.25, 0.3) is 0 Å². The third kappa shape index (κ3) is 3.76. The molecule has 0 unspecified atom stereocenters. The first kappa shape index (κ1) is 16.9. The van der Waals surface area contributed by atoms with Gasteiger partial charge in [-0.3, -0.25) is 9.89 Å². The molecule has 0 fully saturated rings. The summed E-state index contributed by atoms with van der Waals surface area (Å²) in [6.07, 6.45) is 0. The van der Waals surface area contributed by atoms with E-state index in [1.165, 1.54) is 11.8 Å². The van der Waals surface area contributed by atoms with E-state index in [9.17, 15) is 4.79 Å². The van der Waals surface area contributed by atoms with Gasteiger partial charge in [0, 0.05) is 15.6 Å². The van der Waals surface area contributed by atoms with Crippen molar-refractivity contribution < 1.29 is 4.79 Å². The van der Waals surface area contributed by atoms with Crippen LogP contribution >= 0.6 is 27.7 Å². The summed E-state index contributed by atoms with van der Waals surface area (Å²) in [4.78, 5) is 16.9. The van der Waals surface area contributed by atoms with Crippen molar-refractivity contribution in [1.82, 2.24) is 15.2 Å². The summed E-state index contributed by atoms with van der Waals surface area (Å²) in [5, 5.41) is 7.69. The van der Waals surface area contributed by atoms with Gasteiger partial charge in [0.2, 0.25) is 5.16 Å². The predicted molar refractivity (Wildman–Crippen MR) is 100 cm³/mol. The molecule has 0 spiro atoms. The lowest BCUT2D eigenvalue weighted by atomic mass is 10.0. The minimum Gasteiger partial charge on any atom is -0.293 e. The second-order valence-corrected chi connectivity index (χ2v) is 7.27. The molecule has 6 heteroatoms. The van der Waals surface area contributed by atoms with Crippen molar-refractivity contribution in [2.45, 2.75) is 19.0 Å². The lowest BCUT2D eigenvalue weighted by Gasteiger charge is -2.05. The molecule has 1 aromatic heterocycles. The van der Waals surface area contributed by atoms with Crippen molar-refractivity contribution in [2.24, 2.45) is 0 Å². The second-order valence-electron chi connectivity index (χ2n) is 5.48. The molecular weight excluding hydrogens is 386 g/mol. The van der Waals surface area contributed by atoms with Crippen LogP contribution in [0.1, 0.15) is 21.5 Å². The van der Waals surface area contributed by atoms with Crippen LogP contribution in [0.3, 0.4) is 0 Å². The van der Waals surface area contributed by atoms with Crippen molar-refractivity contribution in [1.29, 1.82) is 0 Å². The highest BCUT2D eigenvalue weighted by molar-refractivity contribution is 9.10. The number of ketones is 1. The molecule has 0 radical (unpaired) electrons. The minimum atomic E-state index is 0.0911. The molecule has 0 aliphatic rings. The van der Waals surface area contributed by atoms with E-state index in [0.29, 0.717) is 16.7 Å². The molecule has 0 atom stereocenters. The summed E-state index contributed by atoms with van der Waals surface area (Å²) in [6.45, 7) is 3.94. The Labute approximate surface area is 153 Å². The number of carbonyl (C=O) groups excluding carboxylic acids is 1.